The minimum Gasteiger partial charge on any atom is -0.265 e. The van der Waals surface area contributed by atoms with Gasteiger partial charge in [-0.25, -0.2) is 44.9 Å². The van der Waals surface area contributed by atoms with Crippen molar-refractivity contribution in [2.45, 2.75) is 0 Å². The van der Waals surface area contributed by atoms with Gasteiger partial charge in [0.2, 0.25) is 0 Å². The second-order valence-electron chi connectivity index (χ2n) is 29.2. The maximum absolute atomic E-state index is 4.99. The highest BCUT2D eigenvalue weighted by Gasteiger charge is 2.20. The van der Waals surface area contributed by atoms with Gasteiger partial charge in [0.15, 0.2) is 52.4 Å². The molecule has 0 aliphatic rings. The van der Waals surface area contributed by atoms with Crippen molar-refractivity contribution in [2.75, 3.05) is 0 Å². The third-order valence-electron chi connectivity index (χ3n) is 20.9. The van der Waals surface area contributed by atoms with E-state index in [1.165, 1.54) is 0 Å². The normalized spacial score (nSPS) is 10.9. The molecule has 18 nitrogen and oxygen atoms in total. The predicted octanol–water partition coefficient (Wildman–Crippen LogP) is 24.2. The first-order chi connectivity index (χ1) is 62.4. The summed E-state index contributed by atoms with van der Waals surface area (Å²) in [6, 6.07) is 115. The molecule has 0 amide bonds. The highest BCUT2D eigenvalue weighted by atomic mass is 15.1. The summed E-state index contributed by atoms with van der Waals surface area (Å²) in [6.45, 7) is 0. The van der Waals surface area contributed by atoms with Crippen molar-refractivity contribution < 1.29 is 0 Å². The van der Waals surface area contributed by atoms with Gasteiger partial charge >= 0.3 is 0 Å². The molecule has 0 fully saturated rings. The number of hydrogen-bond donors (Lipinski definition) is 0. The summed E-state index contributed by atoms with van der Waals surface area (Å²) in [7, 11) is 0. The Kier molecular flexibility index (Phi) is 23.2. The Bertz CT molecular complexity index is 5900. The number of pyridine rings is 9. The van der Waals surface area contributed by atoms with E-state index in [0.717, 1.165) is 151 Å². The van der Waals surface area contributed by atoms with E-state index in [2.05, 4.69) is 136 Å². The van der Waals surface area contributed by atoms with E-state index < -0.39 is 0 Å². The molecule has 21 aromatic rings. The molecular weight excluding hydrogens is 1550 g/mol. The Morgan fingerprint density at radius 3 is 0.484 bits per heavy atom. The summed E-state index contributed by atoms with van der Waals surface area (Å²) in [5.41, 5.74) is 26.4. The van der Waals surface area contributed by atoms with Crippen molar-refractivity contribution in [3.8, 4) is 203 Å². The largest absolute Gasteiger partial charge is 0.265 e. The molecule has 9 aromatic carbocycles. The van der Waals surface area contributed by atoms with Crippen LogP contribution in [0.1, 0.15) is 0 Å². The molecule has 0 spiro atoms. The predicted molar refractivity (Wildman–Crippen MR) is 497 cm³/mol. The molecule has 0 aliphatic heterocycles. The number of benzene rings is 9. The number of aromatic nitrogens is 18. The van der Waals surface area contributed by atoms with Crippen LogP contribution in [-0.2, 0) is 0 Å². The van der Waals surface area contributed by atoms with Crippen LogP contribution in [-0.4, -0.2) is 89.7 Å². The van der Waals surface area contributed by atoms with Crippen LogP contribution in [0, 0.1) is 0 Å². The van der Waals surface area contributed by atoms with Crippen LogP contribution < -0.4 is 0 Å². The fraction of sp³-hybridized carbons (Fsp3) is 0. The monoisotopic (exact) mass is 1620 g/mol. The smallest absolute Gasteiger partial charge is 0.164 e. The minimum atomic E-state index is 0.583. The topological polar surface area (TPSA) is 232 Å². The minimum absolute atomic E-state index is 0.583. The van der Waals surface area contributed by atoms with Crippen molar-refractivity contribution in [3.63, 3.8) is 0 Å². The summed E-state index contributed by atoms with van der Waals surface area (Å²) in [6.07, 6.45) is 27.1. The van der Waals surface area contributed by atoms with E-state index in [-0.39, 0.29) is 0 Å². The van der Waals surface area contributed by atoms with E-state index >= 15 is 0 Å². The molecule has 0 radical (unpaired) electrons. The summed E-state index contributed by atoms with van der Waals surface area (Å²) < 4.78 is 0. The Morgan fingerprint density at radius 2 is 0.294 bits per heavy atom. The Labute approximate surface area is 727 Å². The maximum atomic E-state index is 4.99. The summed E-state index contributed by atoms with van der Waals surface area (Å²) >= 11 is 0. The zero-order valence-corrected chi connectivity index (χ0v) is 67.6. The van der Waals surface area contributed by atoms with Gasteiger partial charge in [0.1, 0.15) is 0 Å². The molecule has 126 heavy (non-hydrogen) atoms. The molecule has 0 saturated heterocycles. The van der Waals surface area contributed by atoms with E-state index in [4.69, 9.17) is 44.9 Å². The second-order valence-corrected chi connectivity index (χ2v) is 29.2. The van der Waals surface area contributed by atoms with Crippen molar-refractivity contribution in [1.82, 2.24) is 89.7 Å². The third kappa shape index (κ3) is 18.5. The van der Waals surface area contributed by atoms with Gasteiger partial charge in [0, 0.05) is 176 Å². The molecule has 12 heterocycles. The van der Waals surface area contributed by atoms with Gasteiger partial charge in [0.05, 0.1) is 17.1 Å². The van der Waals surface area contributed by atoms with Crippen molar-refractivity contribution in [3.05, 3.63) is 439 Å². The molecule has 0 unspecified atom stereocenters. The standard InChI is InChI=1S/3C36H24N6/c1-7-25(31-13-4-16-37-22-31)19-28(10-1)34-40-35(29-11-2-8-26(20-29)32-14-5-17-38-23-32)42-36(41-34)30-12-3-9-27(21-30)33-15-6-18-39-24-33;1-4-19-37-31(16-1)25-10-7-13-28(22-25)34-40-35(29-14-8-11-26(23-29)32-17-2-5-20-38-32)42-36(41-34)30-15-9-12-27(24-30)33-18-3-6-21-39-33;1-4-28(25-10-16-37-17-11-25)22-31(7-1)34-40-35(32-8-2-5-29(23-32)26-12-18-38-19-13-26)42-36(41-34)33-9-3-6-30(24-33)27-14-20-39-21-15-27/h3*1-24H. The third-order valence-corrected chi connectivity index (χ3v) is 20.9. The zero-order chi connectivity index (χ0) is 84.4. The zero-order valence-electron chi connectivity index (χ0n) is 67.6. The summed E-state index contributed by atoms with van der Waals surface area (Å²) in [4.78, 5) is 83.8. The van der Waals surface area contributed by atoms with Crippen LogP contribution in [0.15, 0.2) is 439 Å². The fourth-order valence-corrected chi connectivity index (χ4v) is 14.6. The van der Waals surface area contributed by atoms with Gasteiger partial charge in [0.25, 0.3) is 0 Å². The van der Waals surface area contributed by atoms with E-state index in [9.17, 15) is 0 Å². The van der Waals surface area contributed by atoms with Gasteiger partial charge in [-0.3, -0.25) is 44.9 Å². The van der Waals surface area contributed by atoms with Crippen LogP contribution in [0.5, 0.6) is 0 Å². The van der Waals surface area contributed by atoms with Gasteiger partial charge < -0.3 is 0 Å². The number of hydrogen-bond acceptors (Lipinski definition) is 18. The molecule has 18 heteroatoms. The van der Waals surface area contributed by atoms with Crippen molar-refractivity contribution in [2.24, 2.45) is 0 Å². The Balaban J connectivity index is 0.000000123. The summed E-state index contributed by atoms with van der Waals surface area (Å²) in [5.74, 6) is 5.36. The number of rotatable bonds is 18. The van der Waals surface area contributed by atoms with Gasteiger partial charge in [-0.05, 0) is 196 Å². The first kappa shape index (κ1) is 78.2. The van der Waals surface area contributed by atoms with E-state index in [0.29, 0.717) is 52.4 Å². The molecule has 0 atom stereocenters. The molecule has 594 valence electrons. The highest BCUT2D eigenvalue weighted by Crippen LogP contribution is 2.37. The first-order valence-electron chi connectivity index (χ1n) is 40.8. The van der Waals surface area contributed by atoms with Crippen molar-refractivity contribution >= 4 is 0 Å². The van der Waals surface area contributed by atoms with Gasteiger partial charge in [-0.15, -0.1) is 0 Å². The SMILES string of the molecule is c1cc(-c2ccncc2)cc(-c2nc(-c3cccc(-c4ccncc4)c3)nc(-c3cccc(-c4ccncc4)c3)n2)c1.c1ccc(-c2cccc(-c3nc(-c4cccc(-c5ccccn5)c4)nc(-c4cccc(-c5ccccn5)c4)n3)c2)nc1.c1cncc(-c2cccc(-c3nc(-c4cccc(-c5cccnc5)c4)nc(-c4cccc(-c5cccnc5)c4)n3)c2)c1. The molecule has 0 saturated carbocycles. The molecule has 0 aliphatic carbocycles. The van der Waals surface area contributed by atoms with Crippen LogP contribution >= 0.6 is 0 Å². The number of nitrogens with zero attached hydrogens (tertiary/aromatic N) is 18. The lowest BCUT2D eigenvalue weighted by atomic mass is 10.0. The Hall–Kier alpha value is -17.6. The van der Waals surface area contributed by atoms with Crippen LogP contribution in [0.25, 0.3) is 203 Å². The molecule has 12 aromatic heterocycles. The quantitative estimate of drug-likeness (QED) is 0.0777. The molecule has 21 rings (SSSR count). The van der Waals surface area contributed by atoms with Gasteiger partial charge in [-0.1, -0.05) is 200 Å². The van der Waals surface area contributed by atoms with Crippen LogP contribution in [0.4, 0.5) is 0 Å². The average molecular weight is 1620 g/mol. The lowest BCUT2D eigenvalue weighted by molar-refractivity contribution is 1.07. The van der Waals surface area contributed by atoms with Gasteiger partial charge in [-0.2, -0.15) is 0 Å². The molecular formula is C108H72N18. The second kappa shape index (κ2) is 37.3. The average Bonchev–Trinajstić information content (AvgIpc) is 0.794. The van der Waals surface area contributed by atoms with Crippen LogP contribution in [0.2, 0.25) is 0 Å². The van der Waals surface area contributed by atoms with E-state index in [1.54, 1.807) is 74.4 Å². The van der Waals surface area contributed by atoms with Crippen LogP contribution in [0.3, 0.4) is 0 Å². The van der Waals surface area contributed by atoms with E-state index in [1.807, 2.05) is 273 Å². The molecule has 0 bridgehead atoms. The summed E-state index contributed by atoms with van der Waals surface area (Å²) in [5, 5.41) is 0. The fourth-order valence-electron chi connectivity index (χ4n) is 14.6. The maximum Gasteiger partial charge on any atom is 0.164 e. The Morgan fingerprint density at radius 1 is 0.111 bits per heavy atom. The first-order valence-corrected chi connectivity index (χ1v) is 40.8. The van der Waals surface area contributed by atoms with Crippen molar-refractivity contribution in [1.29, 1.82) is 0 Å². The lowest BCUT2D eigenvalue weighted by Crippen LogP contribution is -2.01. The molecule has 0 N–H and O–H groups in total. The lowest BCUT2D eigenvalue weighted by Gasteiger charge is -2.11. The highest BCUT2D eigenvalue weighted by molar-refractivity contribution is 5.81.